The van der Waals surface area contributed by atoms with Gasteiger partial charge in [0.1, 0.15) is 11.8 Å². The van der Waals surface area contributed by atoms with Crippen LogP contribution in [0.15, 0.2) is 52.2 Å². The summed E-state index contributed by atoms with van der Waals surface area (Å²) in [7, 11) is 2.08. The smallest absolute Gasteiger partial charge is 0.257 e. The lowest BCUT2D eigenvalue weighted by atomic mass is 10.0. The highest BCUT2D eigenvalue weighted by atomic mass is 16.3. The van der Waals surface area contributed by atoms with E-state index in [1.165, 1.54) is 44.1 Å². The Morgan fingerprint density at radius 2 is 1.86 bits per heavy atom. The number of benzene rings is 1. The summed E-state index contributed by atoms with van der Waals surface area (Å²) >= 11 is 0. The third-order valence-electron chi connectivity index (χ3n) is 6.25. The fourth-order valence-corrected chi connectivity index (χ4v) is 4.48. The maximum Gasteiger partial charge on any atom is 0.257 e. The van der Waals surface area contributed by atoms with E-state index in [-0.39, 0.29) is 11.9 Å². The van der Waals surface area contributed by atoms with Gasteiger partial charge in [-0.3, -0.25) is 9.69 Å². The molecule has 2 heterocycles. The van der Waals surface area contributed by atoms with Crippen LogP contribution in [0.25, 0.3) is 0 Å². The van der Waals surface area contributed by atoms with Crippen LogP contribution in [-0.2, 0) is 4.79 Å². The molecule has 0 N–H and O–H groups in total. The van der Waals surface area contributed by atoms with Gasteiger partial charge in [0.25, 0.3) is 5.91 Å². The molecule has 0 bridgehead atoms. The highest BCUT2D eigenvalue weighted by Gasteiger charge is 2.35. The summed E-state index contributed by atoms with van der Waals surface area (Å²) in [6.45, 7) is 2.47. The molecule has 29 heavy (non-hydrogen) atoms. The van der Waals surface area contributed by atoms with Crippen LogP contribution in [0.5, 0.6) is 0 Å². The van der Waals surface area contributed by atoms with Crippen molar-refractivity contribution in [1.82, 2.24) is 9.91 Å². The Balaban J connectivity index is 1.52. The lowest BCUT2D eigenvalue weighted by molar-refractivity contribution is -0.134. The molecule has 1 fully saturated rings. The zero-order chi connectivity index (χ0) is 20.2. The van der Waals surface area contributed by atoms with Crippen LogP contribution in [0.4, 0.5) is 0 Å². The van der Waals surface area contributed by atoms with Gasteiger partial charge < -0.3 is 4.42 Å². The second-order valence-electron chi connectivity index (χ2n) is 8.45. The molecule has 154 valence electrons. The number of carbonyl (C=O) groups is 1. The van der Waals surface area contributed by atoms with Gasteiger partial charge in [-0.1, -0.05) is 55.5 Å². The molecule has 2 aromatic rings. The van der Waals surface area contributed by atoms with E-state index in [2.05, 4.69) is 43.1 Å². The molecule has 1 aliphatic carbocycles. The van der Waals surface area contributed by atoms with Gasteiger partial charge >= 0.3 is 0 Å². The highest BCUT2D eigenvalue weighted by molar-refractivity contribution is 6.03. The minimum atomic E-state index is -0.170. The predicted molar refractivity (Wildman–Crippen MR) is 115 cm³/mol. The number of furan rings is 1. The number of nitrogens with zero attached hydrogens (tertiary/aromatic N) is 3. The van der Waals surface area contributed by atoms with Crippen molar-refractivity contribution in [2.24, 2.45) is 5.10 Å². The first-order chi connectivity index (χ1) is 14.1. The molecule has 1 aromatic heterocycles. The van der Waals surface area contributed by atoms with Crippen LogP contribution in [0.2, 0.25) is 0 Å². The lowest BCUT2D eigenvalue weighted by Crippen LogP contribution is -2.41. The second kappa shape index (κ2) is 8.95. The average Bonchev–Trinajstić information content (AvgIpc) is 3.32. The Morgan fingerprint density at radius 3 is 2.52 bits per heavy atom. The first-order valence-corrected chi connectivity index (χ1v) is 10.8. The Kier molecular flexibility index (Phi) is 6.14. The molecule has 0 radical (unpaired) electrons. The Labute approximate surface area is 173 Å². The van der Waals surface area contributed by atoms with Gasteiger partial charge in [-0.05, 0) is 44.5 Å². The maximum absolute atomic E-state index is 13.3. The van der Waals surface area contributed by atoms with Crippen LogP contribution >= 0.6 is 0 Å². The summed E-state index contributed by atoms with van der Waals surface area (Å²) in [5, 5.41) is 6.41. The quantitative estimate of drug-likeness (QED) is 0.678. The fourth-order valence-electron chi connectivity index (χ4n) is 4.48. The molecule has 5 heteroatoms. The molecule has 1 saturated carbocycles. The number of carbonyl (C=O) groups excluding carboxylic acids is 1. The van der Waals surface area contributed by atoms with E-state index in [0.29, 0.717) is 19.0 Å². The molecular formula is C24H31N3O2. The van der Waals surface area contributed by atoms with Gasteiger partial charge in [0.15, 0.2) is 0 Å². The predicted octanol–water partition coefficient (Wildman–Crippen LogP) is 4.92. The van der Waals surface area contributed by atoms with Crippen molar-refractivity contribution >= 4 is 11.6 Å². The summed E-state index contributed by atoms with van der Waals surface area (Å²) in [5.74, 6) is 0.835. The van der Waals surface area contributed by atoms with E-state index in [4.69, 9.17) is 9.52 Å². The van der Waals surface area contributed by atoms with Gasteiger partial charge in [-0.25, -0.2) is 5.01 Å². The molecule has 1 atom stereocenters. The molecule has 5 nitrogen and oxygen atoms in total. The highest BCUT2D eigenvalue weighted by Crippen LogP contribution is 2.33. The first kappa shape index (κ1) is 19.9. The van der Waals surface area contributed by atoms with Gasteiger partial charge in [0.05, 0.1) is 18.5 Å². The van der Waals surface area contributed by atoms with Crippen molar-refractivity contribution in [2.75, 3.05) is 13.6 Å². The number of hydrazone groups is 1. The van der Waals surface area contributed by atoms with E-state index in [1.807, 2.05) is 12.1 Å². The molecule has 1 aliphatic heterocycles. The third-order valence-corrected chi connectivity index (χ3v) is 6.25. The van der Waals surface area contributed by atoms with E-state index in [9.17, 15) is 4.79 Å². The normalized spacial score (nSPS) is 20.7. The van der Waals surface area contributed by atoms with E-state index < -0.39 is 0 Å². The molecule has 0 spiro atoms. The average molecular weight is 394 g/mol. The Bertz CT molecular complexity index is 834. The number of likely N-dealkylation sites (N-methyl/N-ethyl adjacent to an activating group) is 1. The topological polar surface area (TPSA) is 49.1 Å². The van der Waals surface area contributed by atoms with Crippen molar-refractivity contribution in [3.05, 3.63) is 59.5 Å². The first-order valence-electron chi connectivity index (χ1n) is 10.8. The summed E-state index contributed by atoms with van der Waals surface area (Å²) in [6.07, 6.45) is 9.86. The molecule has 0 saturated heterocycles. The molecule has 1 amide bonds. The van der Waals surface area contributed by atoms with E-state index in [1.54, 1.807) is 11.3 Å². The summed E-state index contributed by atoms with van der Waals surface area (Å²) in [5.41, 5.74) is 3.23. The van der Waals surface area contributed by atoms with Crippen LogP contribution in [0.3, 0.4) is 0 Å². The van der Waals surface area contributed by atoms with Gasteiger partial charge in [0, 0.05) is 12.5 Å². The molecule has 1 unspecified atom stereocenters. The van der Waals surface area contributed by atoms with Crippen molar-refractivity contribution in [1.29, 1.82) is 0 Å². The van der Waals surface area contributed by atoms with Gasteiger partial charge in [-0.2, -0.15) is 5.10 Å². The van der Waals surface area contributed by atoms with Crippen molar-refractivity contribution < 1.29 is 9.21 Å². The van der Waals surface area contributed by atoms with Crippen LogP contribution in [-0.4, -0.2) is 41.2 Å². The van der Waals surface area contributed by atoms with Crippen molar-refractivity contribution in [2.45, 2.75) is 64.0 Å². The minimum Gasteiger partial charge on any atom is -0.467 e. The number of hydrogen-bond donors (Lipinski definition) is 0. The van der Waals surface area contributed by atoms with Crippen molar-refractivity contribution in [3.8, 4) is 0 Å². The number of amides is 1. The fraction of sp³-hybridized carbons (Fsp3) is 0.500. The summed E-state index contributed by atoms with van der Waals surface area (Å²) in [4.78, 5) is 15.5. The molecule has 4 rings (SSSR count). The summed E-state index contributed by atoms with van der Waals surface area (Å²) < 4.78 is 5.66. The number of rotatable bonds is 5. The lowest BCUT2D eigenvalue weighted by Gasteiger charge is -2.28. The standard InChI is InChI=1S/C24H31N3O2/c1-18-11-13-19(14-12-18)21-16-22(23-10-7-15-29-23)27(25-21)24(28)17-26(2)20-8-5-3-4-6-9-20/h7,10-15,20,22H,3-6,8-9,16-17H2,1-2H3. The largest absolute Gasteiger partial charge is 0.467 e. The van der Waals surface area contributed by atoms with Gasteiger partial charge in [0.2, 0.25) is 0 Å². The number of aryl methyl sites for hydroxylation is 1. The van der Waals surface area contributed by atoms with E-state index >= 15 is 0 Å². The Morgan fingerprint density at radius 1 is 1.14 bits per heavy atom. The molecular weight excluding hydrogens is 362 g/mol. The number of hydrogen-bond acceptors (Lipinski definition) is 4. The van der Waals surface area contributed by atoms with E-state index in [0.717, 1.165) is 17.0 Å². The van der Waals surface area contributed by atoms with Gasteiger partial charge in [-0.15, -0.1) is 0 Å². The van der Waals surface area contributed by atoms with Crippen LogP contribution < -0.4 is 0 Å². The zero-order valence-corrected chi connectivity index (χ0v) is 17.5. The molecule has 2 aliphatic rings. The maximum atomic E-state index is 13.3. The second-order valence-corrected chi connectivity index (χ2v) is 8.45. The minimum absolute atomic E-state index is 0.0419. The van der Waals surface area contributed by atoms with Crippen LogP contribution in [0.1, 0.15) is 67.9 Å². The SMILES string of the molecule is Cc1ccc(C2=NN(C(=O)CN(C)C3CCCCCC3)C(c3ccco3)C2)cc1. The zero-order valence-electron chi connectivity index (χ0n) is 17.5. The monoisotopic (exact) mass is 393 g/mol. The Hall–Kier alpha value is -2.40. The van der Waals surface area contributed by atoms with Crippen molar-refractivity contribution in [3.63, 3.8) is 0 Å². The molecule has 1 aromatic carbocycles. The van der Waals surface area contributed by atoms with Crippen LogP contribution in [0, 0.1) is 6.92 Å². The third kappa shape index (κ3) is 4.61. The summed E-state index contributed by atoms with van der Waals surface area (Å²) in [6, 6.07) is 12.5.